The number of para-hydroxylation sites is 1. The number of hydrogen-bond acceptors (Lipinski definition) is 2. The Morgan fingerprint density at radius 1 is 1.00 bits per heavy atom. The summed E-state index contributed by atoms with van der Waals surface area (Å²) < 4.78 is 10.5. The minimum absolute atomic E-state index is 0.203. The molecule has 0 spiro atoms. The van der Waals surface area contributed by atoms with Crippen LogP contribution in [0.4, 0.5) is 0 Å². The van der Waals surface area contributed by atoms with Crippen LogP contribution in [0.25, 0.3) is 0 Å². The molecule has 0 aliphatic rings. The van der Waals surface area contributed by atoms with Gasteiger partial charge in [0.2, 0.25) is 0 Å². The number of rotatable bonds is 5. The van der Waals surface area contributed by atoms with Gasteiger partial charge in [-0.25, -0.2) is 5.11 Å². The van der Waals surface area contributed by atoms with Gasteiger partial charge >= 0.3 is 5.95 Å². The van der Waals surface area contributed by atoms with Gasteiger partial charge < -0.3 is 9.47 Å². The van der Waals surface area contributed by atoms with Crippen molar-refractivity contribution >= 4 is 0 Å². The van der Waals surface area contributed by atoms with Crippen LogP contribution in [0.2, 0.25) is 0 Å². The third-order valence-electron chi connectivity index (χ3n) is 2.28. The first-order chi connectivity index (χ1) is 8.74. The minimum Gasteiger partial charge on any atom is -0.458 e. The second-order valence-corrected chi connectivity index (χ2v) is 3.72. The maximum absolute atomic E-state index is 10.6. The molecular formula is C15H13O3. The monoisotopic (exact) mass is 241 g/mol. The summed E-state index contributed by atoms with van der Waals surface area (Å²) in [5.74, 6) is 0.937. The predicted octanol–water partition coefficient (Wildman–Crippen LogP) is 3.90. The Morgan fingerprint density at radius 3 is 2.44 bits per heavy atom. The maximum atomic E-state index is 10.6. The summed E-state index contributed by atoms with van der Waals surface area (Å²) in [6.45, 7) is 3.35. The standard InChI is InChI=1S/C15H13O3/c1-12(16)17-11-13-6-5-9-15(10-13)18-14-7-3-2-4-8-14/h2-10H,1,11H2. The van der Waals surface area contributed by atoms with Crippen molar-refractivity contribution in [3.63, 3.8) is 0 Å². The summed E-state index contributed by atoms with van der Waals surface area (Å²) in [4.78, 5) is 0. The summed E-state index contributed by atoms with van der Waals surface area (Å²) in [5.41, 5.74) is 0.862. The van der Waals surface area contributed by atoms with Gasteiger partial charge in [-0.15, -0.1) is 0 Å². The quantitative estimate of drug-likeness (QED) is 0.744. The third kappa shape index (κ3) is 3.56. The molecule has 3 nitrogen and oxygen atoms in total. The van der Waals surface area contributed by atoms with E-state index in [1.165, 1.54) is 0 Å². The Balaban J connectivity index is 2.05. The number of ether oxygens (including phenoxy) is 2. The van der Waals surface area contributed by atoms with Crippen molar-refractivity contribution in [3.8, 4) is 11.5 Å². The summed E-state index contributed by atoms with van der Waals surface area (Å²) in [6.07, 6.45) is 0. The molecule has 18 heavy (non-hydrogen) atoms. The Hall–Kier alpha value is -2.42. The van der Waals surface area contributed by atoms with Gasteiger partial charge in [-0.1, -0.05) is 30.3 Å². The molecule has 0 aliphatic heterocycles. The van der Waals surface area contributed by atoms with Crippen LogP contribution >= 0.6 is 0 Å². The van der Waals surface area contributed by atoms with Crippen LogP contribution in [-0.2, 0) is 16.5 Å². The van der Waals surface area contributed by atoms with Crippen LogP contribution < -0.4 is 4.74 Å². The lowest BCUT2D eigenvalue weighted by molar-refractivity contribution is 0.0459. The Bertz CT molecular complexity index is 520. The predicted molar refractivity (Wildman–Crippen MR) is 67.6 cm³/mol. The van der Waals surface area contributed by atoms with Crippen LogP contribution in [0, 0.1) is 0 Å². The van der Waals surface area contributed by atoms with Crippen LogP contribution in [0.3, 0.4) is 0 Å². The summed E-state index contributed by atoms with van der Waals surface area (Å²) in [5, 5.41) is 10.6. The topological polar surface area (TPSA) is 38.4 Å². The molecule has 1 radical (unpaired) electrons. The summed E-state index contributed by atoms with van der Waals surface area (Å²) in [6, 6.07) is 16.9. The molecule has 2 aromatic rings. The highest BCUT2D eigenvalue weighted by Crippen LogP contribution is 2.22. The molecular weight excluding hydrogens is 228 g/mol. The van der Waals surface area contributed by atoms with Gasteiger partial charge in [0.05, 0.1) is 0 Å². The van der Waals surface area contributed by atoms with Crippen molar-refractivity contribution in [1.29, 1.82) is 0 Å². The van der Waals surface area contributed by atoms with E-state index in [9.17, 15) is 5.11 Å². The lowest BCUT2D eigenvalue weighted by atomic mass is 10.2. The van der Waals surface area contributed by atoms with Gasteiger partial charge in [-0.05, 0) is 36.4 Å². The lowest BCUT2D eigenvalue weighted by Gasteiger charge is -2.07. The van der Waals surface area contributed by atoms with Gasteiger partial charge in [-0.3, -0.25) is 0 Å². The van der Waals surface area contributed by atoms with Crippen molar-refractivity contribution in [2.45, 2.75) is 6.61 Å². The van der Waals surface area contributed by atoms with Crippen molar-refractivity contribution in [1.82, 2.24) is 0 Å². The first-order valence-electron chi connectivity index (χ1n) is 5.54. The van der Waals surface area contributed by atoms with Crippen molar-refractivity contribution in [3.05, 3.63) is 72.7 Å². The second-order valence-electron chi connectivity index (χ2n) is 3.72. The zero-order valence-electron chi connectivity index (χ0n) is 9.84. The molecule has 2 aromatic carbocycles. The minimum atomic E-state index is -0.538. The van der Waals surface area contributed by atoms with Crippen LogP contribution in [0.5, 0.6) is 11.5 Å². The fourth-order valence-corrected chi connectivity index (χ4v) is 1.49. The van der Waals surface area contributed by atoms with Crippen molar-refractivity contribution < 1.29 is 14.6 Å². The van der Waals surface area contributed by atoms with Crippen molar-refractivity contribution in [2.75, 3.05) is 0 Å². The highest BCUT2D eigenvalue weighted by atomic mass is 16.6. The largest absolute Gasteiger partial charge is 0.458 e. The number of benzene rings is 2. The molecule has 0 saturated heterocycles. The fourth-order valence-electron chi connectivity index (χ4n) is 1.49. The van der Waals surface area contributed by atoms with Gasteiger partial charge in [0.1, 0.15) is 18.1 Å². The van der Waals surface area contributed by atoms with E-state index >= 15 is 0 Å². The Kier molecular flexibility index (Phi) is 3.86. The zero-order valence-corrected chi connectivity index (χ0v) is 9.84. The molecule has 0 saturated carbocycles. The van der Waals surface area contributed by atoms with Gasteiger partial charge in [0, 0.05) is 0 Å². The molecule has 0 N–H and O–H groups in total. The molecule has 0 bridgehead atoms. The zero-order chi connectivity index (χ0) is 12.8. The summed E-state index contributed by atoms with van der Waals surface area (Å²) in [7, 11) is 0. The Morgan fingerprint density at radius 2 is 1.72 bits per heavy atom. The highest BCUT2D eigenvalue weighted by Gasteiger charge is 2.00. The third-order valence-corrected chi connectivity index (χ3v) is 2.28. The average Bonchev–Trinajstić information content (AvgIpc) is 2.38. The first-order valence-corrected chi connectivity index (χ1v) is 5.54. The van der Waals surface area contributed by atoms with E-state index in [0.717, 1.165) is 11.3 Å². The SMILES string of the molecule is C=C([O])OCc1cccc(Oc2ccccc2)c1. The normalized spacial score (nSPS) is 9.78. The van der Waals surface area contributed by atoms with Crippen molar-refractivity contribution in [2.24, 2.45) is 0 Å². The van der Waals surface area contributed by atoms with Crippen LogP contribution in [0.15, 0.2) is 67.1 Å². The van der Waals surface area contributed by atoms with E-state index in [2.05, 4.69) is 6.58 Å². The summed E-state index contributed by atoms with van der Waals surface area (Å²) >= 11 is 0. The molecule has 3 heteroatoms. The smallest absolute Gasteiger partial charge is 0.323 e. The molecule has 2 rings (SSSR count). The highest BCUT2D eigenvalue weighted by molar-refractivity contribution is 5.33. The molecule has 0 aromatic heterocycles. The fraction of sp³-hybridized carbons (Fsp3) is 0.0667. The molecule has 0 fully saturated rings. The van der Waals surface area contributed by atoms with E-state index < -0.39 is 5.95 Å². The molecule has 0 unspecified atom stereocenters. The van der Waals surface area contributed by atoms with E-state index in [1.54, 1.807) is 0 Å². The molecule has 0 atom stereocenters. The number of hydrogen-bond donors (Lipinski definition) is 0. The first kappa shape index (κ1) is 12.0. The molecule has 0 heterocycles. The van der Waals surface area contributed by atoms with E-state index in [0.29, 0.717) is 5.75 Å². The van der Waals surface area contributed by atoms with E-state index in [4.69, 9.17) is 9.47 Å². The van der Waals surface area contributed by atoms with Gasteiger partial charge in [-0.2, -0.15) is 0 Å². The second kappa shape index (κ2) is 5.77. The lowest BCUT2D eigenvalue weighted by Crippen LogP contribution is -1.91. The van der Waals surface area contributed by atoms with E-state index in [1.807, 2.05) is 54.6 Å². The Labute approximate surface area is 106 Å². The van der Waals surface area contributed by atoms with Gasteiger partial charge in [0.15, 0.2) is 0 Å². The maximum Gasteiger partial charge on any atom is 0.323 e. The van der Waals surface area contributed by atoms with Crippen LogP contribution in [0.1, 0.15) is 5.56 Å². The average molecular weight is 241 g/mol. The molecule has 0 aliphatic carbocycles. The molecule has 91 valence electrons. The van der Waals surface area contributed by atoms with E-state index in [-0.39, 0.29) is 6.61 Å². The molecule has 0 amide bonds. The van der Waals surface area contributed by atoms with Gasteiger partial charge in [0.25, 0.3) is 0 Å². The van der Waals surface area contributed by atoms with Crippen LogP contribution in [-0.4, -0.2) is 0 Å².